The molecule has 1 unspecified atom stereocenters. The third kappa shape index (κ3) is 4.42. The van der Waals surface area contributed by atoms with Crippen molar-refractivity contribution < 1.29 is 14.3 Å². The Bertz CT molecular complexity index is 908. The summed E-state index contributed by atoms with van der Waals surface area (Å²) in [4.78, 5) is 29.7. The summed E-state index contributed by atoms with van der Waals surface area (Å²) in [5, 5.41) is 3.03. The number of likely N-dealkylation sites (tertiary alicyclic amines) is 1. The molecular formula is C24H29N3O3. The first-order chi connectivity index (χ1) is 14.7. The smallest absolute Gasteiger partial charge is 0.265 e. The van der Waals surface area contributed by atoms with Gasteiger partial charge in [-0.25, -0.2) is 0 Å². The van der Waals surface area contributed by atoms with Gasteiger partial charge in [0, 0.05) is 18.8 Å². The van der Waals surface area contributed by atoms with E-state index in [0.717, 1.165) is 49.3 Å². The number of nitrogens with one attached hydrogen (secondary N) is 1. The van der Waals surface area contributed by atoms with Gasteiger partial charge in [0.25, 0.3) is 5.91 Å². The average Bonchev–Trinajstić information content (AvgIpc) is 2.79. The highest BCUT2D eigenvalue weighted by atomic mass is 16.5. The summed E-state index contributed by atoms with van der Waals surface area (Å²) in [6.45, 7) is 4.18. The van der Waals surface area contributed by atoms with E-state index in [9.17, 15) is 9.59 Å². The fourth-order valence-electron chi connectivity index (χ4n) is 4.22. The fourth-order valence-corrected chi connectivity index (χ4v) is 4.22. The summed E-state index contributed by atoms with van der Waals surface area (Å²) in [6.07, 6.45) is 3.51. The molecule has 1 fully saturated rings. The van der Waals surface area contributed by atoms with Gasteiger partial charge in [-0.1, -0.05) is 37.3 Å². The van der Waals surface area contributed by atoms with Gasteiger partial charge in [0.2, 0.25) is 5.91 Å². The zero-order chi connectivity index (χ0) is 20.9. The number of carbonyl (C=O) groups excluding carboxylic acids is 2. The number of benzene rings is 2. The molecule has 2 heterocycles. The predicted molar refractivity (Wildman–Crippen MR) is 118 cm³/mol. The second-order valence-corrected chi connectivity index (χ2v) is 7.90. The van der Waals surface area contributed by atoms with Crippen molar-refractivity contribution in [1.82, 2.24) is 4.90 Å². The Kier molecular flexibility index (Phi) is 6.21. The van der Waals surface area contributed by atoms with Crippen LogP contribution >= 0.6 is 0 Å². The number of rotatable bonds is 5. The lowest BCUT2D eigenvalue weighted by atomic mass is 10.1. The predicted octanol–water partition coefficient (Wildman–Crippen LogP) is 3.47. The Labute approximate surface area is 177 Å². The van der Waals surface area contributed by atoms with Gasteiger partial charge in [-0.3, -0.25) is 9.59 Å². The van der Waals surface area contributed by atoms with Crippen LogP contribution in [0.25, 0.3) is 0 Å². The molecule has 2 aliphatic heterocycles. The normalized spacial score (nSPS) is 18.4. The van der Waals surface area contributed by atoms with Crippen LogP contribution in [0.3, 0.4) is 0 Å². The van der Waals surface area contributed by atoms with E-state index in [4.69, 9.17) is 4.74 Å². The van der Waals surface area contributed by atoms with Crippen LogP contribution < -0.4 is 15.0 Å². The highest BCUT2D eigenvalue weighted by Gasteiger charge is 2.34. The molecule has 6 heteroatoms. The highest BCUT2D eigenvalue weighted by molar-refractivity contribution is 5.95. The molecule has 0 spiro atoms. The Morgan fingerprint density at radius 2 is 1.77 bits per heavy atom. The van der Waals surface area contributed by atoms with Crippen molar-refractivity contribution in [2.75, 3.05) is 36.4 Å². The third-order valence-electron chi connectivity index (χ3n) is 5.81. The molecule has 158 valence electrons. The van der Waals surface area contributed by atoms with Crippen LogP contribution in [0.1, 0.15) is 31.7 Å². The Hall–Kier alpha value is -3.02. The van der Waals surface area contributed by atoms with Crippen molar-refractivity contribution in [2.45, 2.75) is 38.7 Å². The molecule has 0 radical (unpaired) electrons. The van der Waals surface area contributed by atoms with E-state index in [1.807, 2.05) is 58.3 Å². The van der Waals surface area contributed by atoms with Crippen molar-refractivity contribution in [1.29, 1.82) is 0 Å². The van der Waals surface area contributed by atoms with Crippen LogP contribution in [0.5, 0.6) is 5.75 Å². The van der Waals surface area contributed by atoms with Crippen molar-refractivity contribution in [2.24, 2.45) is 0 Å². The molecular weight excluding hydrogens is 378 g/mol. The molecule has 6 nitrogen and oxygen atoms in total. The van der Waals surface area contributed by atoms with Crippen LogP contribution in [-0.2, 0) is 16.0 Å². The van der Waals surface area contributed by atoms with Crippen LogP contribution in [0, 0.1) is 0 Å². The Morgan fingerprint density at radius 1 is 1.03 bits per heavy atom. The van der Waals surface area contributed by atoms with E-state index in [1.165, 1.54) is 6.42 Å². The summed E-state index contributed by atoms with van der Waals surface area (Å²) in [7, 11) is 0. The maximum absolute atomic E-state index is 13.0. The van der Waals surface area contributed by atoms with Crippen LogP contribution in [-0.4, -0.2) is 49.0 Å². The number of fused-ring (bicyclic) bond motifs is 1. The number of nitrogens with zero attached hydrogens (tertiary/aromatic N) is 2. The first-order valence-corrected chi connectivity index (χ1v) is 10.8. The molecule has 0 aliphatic carbocycles. The number of anilines is 2. The van der Waals surface area contributed by atoms with Gasteiger partial charge < -0.3 is 19.9 Å². The largest absolute Gasteiger partial charge is 0.477 e. The second kappa shape index (κ2) is 9.20. The second-order valence-electron chi connectivity index (χ2n) is 7.90. The summed E-state index contributed by atoms with van der Waals surface area (Å²) in [5.74, 6) is 0.573. The van der Waals surface area contributed by atoms with Gasteiger partial charge in [0.1, 0.15) is 5.75 Å². The van der Waals surface area contributed by atoms with Gasteiger partial charge in [-0.15, -0.1) is 0 Å². The highest BCUT2D eigenvalue weighted by Crippen LogP contribution is 2.33. The average molecular weight is 408 g/mol. The number of para-hydroxylation sites is 3. The van der Waals surface area contributed by atoms with Crippen LogP contribution in [0.15, 0.2) is 48.5 Å². The summed E-state index contributed by atoms with van der Waals surface area (Å²) >= 11 is 0. The SMILES string of the molecule is CCc1ccccc1NC(=O)CN1CC(C(=O)N2CCCCC2)Oc2ccccc21. The van der Waals surface area contributed by atoms with E-state index < -0.39 is 6.10 Å². The fraction of sp³-hybridized carbons (Fsp3) is 0.417. The minimum Gasteiger partial charge on any atom is -0.477 e. The zero-order valence-corrected chi connectivity index (χ0v) is 17.5. The number of hydrogen-bond acceptors (Lipinski definition) is 4. The molecule has 0 aromatic heterocycles. The van der Waals surface area contributed by atoms with Gasteiger partial charge in [0.05, 0.1) is 18.8 Å². The van der Waals surface area contributed by atoms with Crippen molar-refractivity contribution in [3.8, 4) is 5.75 Å². The van der Waals surface area contributed by atoms with E-state index in [2.05, 4.69) is 12.2 Å². The number of piperidine rings is 1. The number of amides is 2. The molecule has 30 heavy (non-hydrogen) atoms. The minimum atomic E-state index is -0.589. The molecule has 1 N–H and O–H groups in total. The lowest BCUT2D eigenvalue weighted by molar-refractivity contribution is -0.139. The molecule has 0 bridgehead atoms. The quantitative estimate of drug-likeness (QED) is 0.825. The van der Waals surface area contributed by atoms with E-state index in [0.29, 0.717) is 12.3 Å². The molecule has 2 aliphatic rings. The van der Waals surface area contributed by atoms with Gasteiger partial charge in [-0.2, -0.15) is 0 Å². The molecule has 1 atom stereocenters. The lowest BCUT2D eigenvalue weighted by Gasteiger charge is -2.38. The van der Waals surface area contributed by atoms with Crippen LogP contribution in [0.2, 0.25) is 0 Å². The maximum atomic E-state index is 13.0. The molecule has 2 amide bonds. The third-order valence-corrected chi connectivity index (χ3v) is 5.81. The van der Waals surface area contributed by atoms with E-state index in [1.54, 1.807) is 0 Å². The molecule has 2 aromatic rings. The van der Waals surface area contributed by atoms with Gasteiger partial charge in [0.15, 0.2) is 6.10 Å². The van der Waals surface area contributed by atoms with E-state index in [-0.39, 0.29) is 18.4 Å². The molecule has 0 saturated carbocycles. The topological polar surface area (TPSA) is 61.9 Å². The zero-order valence-electron chi connectivity index (χ0n) is 17.5. The number of aryl methyl sites for hydroxylation is 1. The summed E-state index contributed by atoms with van der Waals surface area (Å²) in [5.41, 5.74) is 2.79. The monoisotopic (exact) mass is 407 g/mol. The van der Waals surface area contributed by atoms with Crippen molar-refractivity contribution in [3.63, 3.8) is 0 Å². The van der Waals surface area contributed by atoms with Gasteiger partial charge in [-0.05, 0) is 49.4 Å². The van der Waals surface area contributed by atoms with E-state index >= 15 is 0 Å². The standard InChI is InChI=1S/C24H29N3O3/c1-2-18-10-4-5-11-19(18)25-23(28)17-27-16-22(24(29)26-14-8-3-9-15-26)30-21-13-7-6-12-20(21)27/h4-7,10-13,22H,2-3,8-9,14-17H2,1H3,(H,25,28). The number of hydrogen-bond donors (Lipinski definition) is 1. The van der Waals surface area contributed by atoms with Gasteiger partial charge >= 0.3 is 0 Å². The molecule has 1 saturated heterocycles. The Morgan fingerprint density at radius 3 is 2.57 bits per heavy atom. The van der Waals surface area contributed by atoms with Crippen molar-refractivity contribution >= 4 is 23.2 Å². The maximum Gasteiger partial charge on any atom is 0.265 e. The number of carbonyl (C=O) groups is 2. The molecule has 2 aromatic carbocycles. The summed E-state index contributed by atoms with van der Waals surface area (Å²) in [6, 6.07) is 15.5. The van der Waals surface area contributed by atoms with Crippen LogP contribution in [0.4, 0.5) is 11.4 Å². The number of ether oxygens (including phenoxy) is 1. The van der Waals surface area contributed by atoms with Crippen molar-refractivity contribution in [3.05, 3.63) is 54.1 Å². The lowest BCUT2D eigenvalue weighted by Crippen LogP contribution is -2.52. The summed E-state index contributed by atoms with van der Waals surface area (Å²) < 4.78 is 6.05. The Balaban J connectivity index is 1.49. The minimum absolute atomic E-state index is 0.0194. The molecule has 4 rings (SSSR count). The first kappa shape index (κ1) is 20.3. The first-order valence-electron chi connectivity index (χ1n) is 10.8.